The SMILES string of the molecule is Nc1ncnc2c1ncn2[C@@H]1OC2COP(=O)(S)O[C@@H]3[C@H](O)[C@H](C[C@H]3n3cnc4c(=O)[nH]cnc43)OP(=O)(S)O[C@H]2[C@H]1F. The van der Waals surface area contributed by atoms with E-state index >= 15 is 4.39 Å². The van der Waals surface area contributed by atoms with Gasteiger partial charge in [-0.2, -0.15) is 0 Å². The van der Waals surface area contributed by atoms with Crippen LogP contribution in [0.1, 0.15) is 18.7 Å². The molecule has 4 N–H and O–H groups in total. The van der Waals surface area contributed by atoms with Crippen molar-refractivity contribution in [2.24, 2.45) is 0 Å². The lowest BCUT2D eigenvalue weighted by Gasteiger charge is -2.29. The molecule has 23 heteroatoms. The van der Waals surface area contributed by atoms with Crippen LogP contribution in [0.15, 0.2) is 30.1 Å². The minimum atomic E-state index is -4.43. The fourth-order valence-electron chi connectivity index (χ4n) is 5.50. The molecule has 3 fully saturated rings. The van der Waals surface area contributed by atoms with E-state index < -0.39 is 74.7 Å². The fraction of sp³-hybridized carbons (Fsp3) is 0.500. The summed E-state index contributed by atoms with van der Waals surface area (Å²) in [4.78, 5) is 34.8. The number of hydrogen-bond donors (Lipinski definition) is 5. The summed E-state index contributed by atoms with van der Waals surface area (Å²) in [7, 11) is 0. The van der Waals surface area contributed by atoms with Crippen LogP contribution in [-0.4, -0.2) is 87.4 Å². The predicted molar refractivity (Wildman–Crippen MR) is 150 cm³/mol. The fourth-order valence-corrected chi connectivity index (χ4v) is 8.85. The molecule has 18 nitrogen and oxygen atoms in total. The smallest absolute Gasteiger partial charge is 0.386 e. The average Bonchev–Trinajstić information content (AvgIpc) is 3.70. The molecule has 1 saturated carbocycles. The molecule has 2 bridgehead atoms. The van der Waals surface area contributed by atoms with Crippen molar-refractivity contribution < 1.29 is 41.5 Å². The molecule has 0 spiro atoms. The summed E-state index contributed by atoms with van der Waals surface area (Å²) in [6.45, 7) is -9.34. The number of nitrogens with two attached hydrogens (primary N) is 1. The largest absolute Gasteiger partial charge is 0.388 e. The first-order chi connectivity index (χ1) is 20.4. The molecule has 0 aromatic carbocycles. The molecular weight excluding hydrogens is 655 g/mol. The number of nitrogens with zero attached hydrogens (tertiary/aromatic N) is 7. The van der Waals surface area contributed by atoms with Gasteiger partial charge in [-0.1, -0.05) is 24.5 Å². The van der Waals surface area contributed by atoms with Crippen molar-refractivity contribution in [3.05, 3.63) is 35.7 Å². The minimum absolute atomic E-state index is 0.000123. The highest BCUT2D eigenvalue weighted by molar-refractivity contribution is 8.44. The maximum Gasteiger partial charge on any atom is 0.386 e. The van der Waals surface area contributed by atoms with Crippen LogP contribution in [0.2, 0.25) is 0 Å². The second-order valence-electron chi connectivity index (χ2n) is 9.96. The highest BCUT2D eigenvalue weighted by Gasteiger charge is 2.55. The quantitative estimate of drug-likeness (QED) is 0.149. The first-order valence-corrected chi connectivity index (χ1v) is 18.0. The second-order valence-corrected chi connectivity index (χ2v) is 15.7. The third-order valence-corrected chi connectivity index (χ3v) is 10.6. The molecule has 4 aromatic heterocycles. The number of aliphatic hydroxyl groups excluding tert-OH is 1. The number of rotatable bonds is 2. The number of hydrogen-bond acceptors (Lipinski definition) is 15. The third-order valence-electron chi connectivity index (χ3n) is 7.40. The van der Waals surface area contributed by atoms with Gasteiger partial charge in [-0.25, -0.2) is 38.4 Å². The first-order valence-electron chi connectivity index (χ1n) is 12.6. The van der Waals surface area contributed by atoms with Crippen LogP contribution in [0, 0.1) is 0 Å². The molecular formula is C20H22FN9O9P2S2. The van der Waals surface area contributed by atoms with E-state index in [-0.39, 0.29) is 34.6 Å². The Balaban J connectivity index is 1.22. The number of imidazole rings is 2. The summed E-state index contributed by atoms with van der Waals surface area (Å²) < 4.78 is 73.9. The number of nitrogen functional groups attached to an aromatic ring is 1. The minimum Gasteiger partial charge on any atom is -0.388 e. The standard InChI is InChI=1S/C20H22FN9O9P2S2/c21-10-15-9(36-20(10)30-6-27-11-16(22)23-3-24-17(11)30)2-35-40(33,42)38-14-7(1-8(13(14)31)37-41(34,43)39-15)29-5-28-12-18(29)25-4-26-19(12)32/h3-10,13-15,20,31H,1-2H2,(H,33,42)(H,34,43)(H2,22,23,24)(H,25,26,32)/t7-,8+,9?,10-,13-,14+,15-,20-,40?,41?/m1/s1. The zero-order valence-corrected chi connectivity index (χ0v) is 25.0. The van der Waals surface area contributed by atoms with Crippen molar-refractivity contribution >= 4 is 66.2 Å². The lowest BCUT2D eigenvalue weighted by Crippen LogP contribution is -2.37. The van der Waals surface area contributed by atoms with Crippen LogP contribution in [0.25, 0.3) is 22.3 Å². The van der Waals surface area contributed by atoms with Crippen molar-refractivity contribution in [1.82, 2.24) is 39.0 Å². The summed E-state index contributed by atoms with van der Waals surface area (Å²) in [6.07, 6.45) is -5.88. The van der Waals surface area contributed by atoms with Gasteiger partial charge in [-0.05, 0) is 0 Å². The van der Waals surface area contributed by atoms with Crippen molar-refractivity contribution in [3.63, 3.8) is 0 Å². The number of aromatic nitrogens is 8. The van der Waals surface area contributed by atoms with Crippen LogP contribution < -0.4 is 11.3 Å². The zero-order chi connectivity index (χ0) is 30.3. The van der Waals surface area contributed by atoms with Gasteiger partial charge >= 0.3 is 13.6 Å². The molecule has 10 atom stereocenters. The van der Waals surface area contributed by atoms with Crippen molar-refractivity contribution in [1.29, 1.82) is 0 Å². The zero-order valence-electron chi connectivity index (χ0n) is 21.4. The van der Waals surface area contributed by atoms with Gasteiger partial charge in [0.15, 0.2) is 35.0 Å². The maximum atomic E-state index is 16.0. The van der Waals surface area contributed by atoms with Crippen LogP contribution in [0.3, 0.4) is 0 Å². The Bertz CT molecular complexity index is 1880. The highest BCUT2D eigenvalue weighted by atomic mass is 32.7. The van der Waals surface area contributed by atoms with E-state index in [1.807, 2.05) is 0 Å². The number of H-pyrrole nitrogens is 1. The normalized spacial score (nSPS) is 38.6. The van der Waals surface area contributed by atoms with Gasteiger partial charge in [-0.3, -0.25) is 27.5 Å². The number of fused-ring (bicyclic) bond motifs is 5. The van der Waals surface area contributed by atoms with Gasteiger partial charge < -0.3 is 25.1 Å². The molecule has 3 aliphatic rings. The highest BCUT2D eigenvalue weighted by Crippen LogP contribution is 2.62. The number of thiol groups is 2. The monoisotopic (exact) mass is 677 g/mol. The maximum absolute atomic E-state index is 16.0. The van der Waals surface area contributed by atoms with Crippen LogP contribution >= 0.6 is 38.1 Å². The third kappa shape index (κ3) is 5.10. The summed E-state index contributed by atoms with van der Waals surface area (Å²) >= 11 is 8.12. The predicted octanol–water partition coefficient (Wildman–Crippen LogP) is 1.34. The number of nitrogens with one attached hydrogen (secondary N) is 1. The van der Waals surface area contributed by atoms with Crippen LogP contribution in [0.5, 0.6) is 0 Å². The van der Waals surface area contributed by atoms with Crippen LogP contribution in [0.4, 0.5) is 10.2 Å². The van der Waals surface area contributed by atoms with Crippen molar-refractivity contribution in [3.8, 4) is 0 Å². The molecule has 230 valence electrons. The Morgan fingerprint density at radius 2 is 1.70 bits per heavy atom. The Hall–Kier alpha value is -2.45. The molecule has 0 amide bonds. The van der Waals surface area contributed by atoms with E-state index in [0.717, 1.165) is 6.33 Å². The molecule has 1 aliphatic carbocycles. The number of halogens is 1. The van der Waals surface area contributed by atoms with Gasteiger partial charge in [0, 0.05) is 6.42 Å². The molecule has 0 radical (unpaired) electrons. The van der Waals surface area contributed by atoms with E-state index in [2.05, 4.69) is 54.4 Å². The number of aliphatic hydroxyl groups is 1. The number of alkyl halides is 1. The Morgan fingerprint density at radius 1 is 0.977 bits per heavy atom. The second kappa shape index (κ2) is 10.6. The Kier molecular flexibility index (Phi) is 7.20. The molecule has 2 saturated heterocycles. The summed E-state index contributed by atoms with van der Waals surface area (Å²) in [5.41, 5.74) is 5.81. The lowest BCUT2D eigenvalue weighted by atomic mass is 10.1. The van der Waals surface area contributed by atoms with E-state index in [9.17, 15) is 19.0 Å². The molecule has 3 unspecified atom stereocenters. The van der Waals surface area contributed by atoms with E-state index in [0.29, 0.717) is 0 Å². The lowest BCUT2D eigenvalue weighted by molar-refractivity contribution is -0.0519. The van der Waals surface area contributed by atoms with Gasteiger partial charge in [0.25, 0.3) is 5.56 Å². The average molecular weight is 678 g/mol. The van der Waals surface area contributed by atoms with E-state index in [1.165, 1.54) is 28.1 Å². The van der Waals surface area contributed by atoms with Crippen molar-refractivity contribution in [2.75, 3.05) is 12.3 Å². The Morgan fingerprint density at radius 3 is 2.51 bits per heavy atom. The first kappa shape index (κ1) is 29.3. The number of aromatic amines is 1. The molecule has 43 heavy (non-hydrogen) atoms. The summed E-state index contributed by atoms with van der Waals surface area (Å²) in [6, 6.07) is -0.907. The Labute approximate surface area is 249 Å². The van der Waals surface area contributed by atoms with Gasteiger partial charge in [0.05, 0.1) is 37.7 Å². The number of ether oxygens (including phenoxy) is 1. The molecule has 7 rings (SSSR count). The van der Waals surface area contributed by atoms with Gasteiger partial charge in [0.2, 0.25) is 0 Å². The van der Waals surface area contributed by atoms with E-state index in [1.54, 1.807) is 0 Å². The van der Waals surface area contributed by atoms with Crippen molar-refractivity contribution in [2.45, 2.75) is 55.4 Å². The molecule has 4 aromatic rings. The van der Waals surface area contributed by atoms with Gasteiger partial charge in [-0.15, -0.1) is 0 Å². The van der Waals surface area contributed by atoms with E-state index in [4.69, 9.17) is 28.6 Å². The number of anilines is 1. The topological polar surface area (TPSA) is 234 Å². The van der Waals surface area contributed by atoms with Crippen LogP contribution in [-0.2, 0) is 32.0 Å². The summed E-state index contributed by atoms with van der Waals surface area (Å²) in [5.74, 6) is 0.0582. The summed E-state index contributed by atoms with van der Waals surface area (Å²) in [5, 5.41) is 11.2. The molecule has 6 heterocycles. The molecule has 2 aliphatic heterocycles. The van der Waals surface area contributed by atoms with Gasteiger partial charge in [0.1, 0.15) is 36.3 Å².